The third kappa shape index (κ3) is 3.79. The Balaban J connectivity index is 1.72. The molecule has 1 aromatic heterocycles. The second-order valence-electron chi connectivity index (χ2n) is 5.94. The normalized spacial score (nSPS) is 14.3. The molecule has 0 N–H and O–H groups in total. The van der Waals surface area contributed by atoms with Gasteiger partial charge in [-0.1, -0.05) is 12.1 Å². The molecule has 1 fully saturated rings. The zero-order chi connectivity index (χ0) is 16.4. The molecule has 122 valence electrons. The van der Waals surface area contributed by atoms with E-state index in [0.29, 0.717) is 23.9 Å². The van der Waals surface area contributed by atoms with E-state index in [1.165, 1.54) is 19.2 Å². The maximum absolute atomic E-state index is 13.0. The van der Waals surface area contributed by atoms with Crippen molar-refractivity contribution in [3.8, 4) is 0 Å². The number of benzene rings is 1. The van der Waals surface area contributed by atoms with E-state index in [1.807, 2.05) is 0 Å². The summed E-state index contributed by atoms with van der Waals surface area (Å²) in [6, 6.07) is 8.84. The number of carbonyl (C=O) groups is 1. The van der Waals surface area contributed by atoms with Gasteiger partial charge in [-0.3, -0.25) is 4.90 Å². The molecule has 3 rings (SSSR count). The largest absolute Gasteiger partial charge is 0.465 e. The van der Waals surface area contributed by atoms with Crippen molar-refractivity contribution in [3.63, 3.8) is 0 Å². The molecule has 5 heteroatoms. The van der Waals surface area contributed by atoms with Crippen LogP contribution in [0.4, 0.5) is 4.39 Å². The number of esters is 1. The number of rotatable bonds is 6. The number of nitrogens with zero attached hydrogens (tertiary/aromatic N) is 1. The topological polar surface area (TPSA) is 42.7 Å². The third-order valence-electron chi connectivity index (χ3n) is 4.10. The molecule has 1 aliphatic rings. The number of hydrogen-bond donors (Lipinski definition) is 0. The fourth-order valence-corrected chi connectivity index (χ4v) is 2.71. The Bertz CT molecular complexity index is 689. The van der Waals surface area contributed by atoms with Crippen LogP contribution in [0.2, 0.25) is 0 Å². The van der Waals surface area contributed by atoms with E-state index in [4.69, 9.17) is 9.15 Å². The lowest BCUT2D eigenvalue weighted by atomic mass is 10.2. The first-order valence-corrected chi connectivity index (χ1v) is 7.73. The summed E-state index contributed by atoms with van der Waals surface area (Å²) >= 11 is 0. The van der Waals surface area contributed by atoms with Crippen LogP contribution in [0.3, 0.4) is 0 Å². The Morgan fingerprint density at radius 1 is 1.30 bits per heavy atom. The standard InChI is InChI=1S/C18H20FNO3/c1-12-17(18(21)22-2)9-16(23-12)11-20(15-7-8-15)10-13-3-5-14(19)6-4-13/h3-6,9,15H,7-8,10-11H2,1-2H3. The van der Waals surface area contributed by atoms with Crippen molar-refractivity contribution in [2.24, 2.45) is 0 Å². The van der Waals surface area contributed by atoms with E-state index in [9.17, 15) is 9.18 Å². The molecule has 0 amide bonds. The quantitative estimate of drug-likeness (QED) is 0.762. The number of carbonyl (C=O) groups excluding carboxylic acids is 1. The van der Waals surface area contributed by atoms with Gasteiger partial charge in [0.1, 0.15) is 22.9 Å². The molecule has 1 aliphatic carbocycles. The molecule has 1 heterocycles. The minimum atomic E-state index is -0.381. The van der Waals surface area contributed by atoms with Crippen LogP contribution < -0.4 is 0 Å². The lowest BCUT2D eigenvalue weighted by Crippen LogP contribution is -2.24. The molecule has 0 unspecified atom stereocenters. The van der Waals surface area contributed by atoms with Gasteiger partial charge in [-0.25, -0.2) is 9.18 Å². The molecule has 0 aliphatic heterocycles. The van der Waals surface area contributed by atoms with Gasteiger partial charge < -0.3 is 9.15 Å². The number of halogens is 1. The SMILES string of the molecule is COC(=O)c1cc(CN(Cc2ccc(F)cc2)C2CC2)oc1C. The van der Waals surface area contributed by atoms with Crippen molar-refractivity contribution in [3.05, 3.63) is 58.8 Å². The highest BCUT2D eigenvalue weighted by molar-refractivity contribution is 5.90. The number of hydrogen-bond acceptors (Lipinski definition) is 4. The maximum atomic E-state index is 13.0. The summed E-state index contributed by atoms with van der Waals surface area (Å²) in [6.07, 6.45) is 2.31. The van der Waals surface area contributed by atoms with E-state index in [-0.39, 0.29) is 11.8 Å². The summed E-state index contributed by atoms with van der Waals surface area (Å²) in [6.45, 7) is 3.12. The van der Waals surface area contributed by atoms with Crippen LogP contribution in [0.15, 0.2) is 34.7 Å². The summed E-state index contributed by atoms with van der Waals surface area (Å²) in [7, 11) is 1.36. The van der Waals surface area contributed by atoms with Gasteiger partial charge in [0.25, 0.3) is 0 Å². The first kappa shape index (κ1) is 15.7. The lowest BCUT2D eigenvalue weighted by molar-refractivity contribution is 0.0599. The Kier molecular flexibility index (Phi) is 4.48. The molecule has 1 saturated carbocycles. The minimum absolute atomic E-state index is 0.226. The van der Waals surface area contributed by atoms with Crippen molar-refractivity contribution in [2.45, 2.75) is 38.9 Å². The van der Waals surface area contributed by atoms with E-state index in [1.54, 1.807) is 25.1 Å². The van der Waals surface area contributed by atoms with Crippen LogP contribution in [0, 0.1) is 12.7 Å². The molecule has 23 heavy (non-hydrogen) atoms. The van der Waals surface area contributed by atoms with Gasteiger partial charge in [-0.15, -0.1) is 0 Å². The van der Waals surface area contributed by atoms with Crippen LogP contribution in [0.1, 0.15) is 40.3 Å². The van der Waals surface area contributed by atoms with Crippen LogP contribution in [0.25, 0.3) is 0 Å². The minimum Gasteiger partial charge on any atom is -0.465 e. The van der Waals surface area contributed by atoms with Crippen LogP contribution >= 0.6 is 0 Å². The predicted molar refractivity (Wildman–Crippen MR) is 83.5 cm³/mol. The molecule has 0 radical (unpaired) electrons. The van der Waals surface area contributed by atoms with Gasteiger partial charge in [0, 0.05) is 12.6 Å². The lowest BCUT2D eigenvalue weighted by Gasteiger charge is -2.20. The molecule has 0 bridgehead atoms. The van der Waals surface area contributed by atoms with E-state index in [0.717, 1.165) is 30.7 Å². The number of methoxy groups -OCH3 is 1. The van der Waals surface area contributed by atoms with Crippen molar-refractivity contribution >= 4 is 5.97 Å². The Hall–Kier alpha value is -2.14. The molecule has 2 aromatic rings. The monoisotopic (exact) mass is 317 g/mol. The smallest absolute Gasteiger partial charge is 0.341 e. The highest BCUT2D eigenvalue weighted by Crippen LogP contribution is 2.30. The van der Waals surface area contributed by atoms with Gasteiger partial charge in [0.2, 0.25) is 0 Å². The number of ether oxygens (including phenoxy) is 1. The maximum Gasteiger partial charge on any atom is 0.341 e. The van der Waals surface area contributed by atoms with E-state index in [2.05, 4.69) is 4.90 Å². The van der Waals surface area contributed by atoms with E-state index >= 15 is 0 Å². The Labute approximate surface area is 134 Å². The fraction of sp³-hybridized carbons (Fsp3) is 0.389. The van der Waals surface area contributed by atoms with Crippen LogP contribution in [-0.2, 0) is 17.8 Å². The van der Waals surface area contributed by atoms with Gasteiger partial charge >= 0.3 is 5.97 Å². The van der Waals surface area contributed by atoms with Gasteiger partial charge in [-0.05, 0) is 43.5 Å². The van der Waals surface area contributed by atoms with Crippen molar-refractivity contribution in [1.82, 2.24) is 4.90 Å². The summed E-state index contributed by atoms with van der Waals surface area (Å²) in [5, 5.41) is 0. The number of furan rings is 1. The summed E-state index contributed by atoms with van der Waals surface area (Å²) in [5.41, 5.74) is 1.54. The molecule has 0 spiro atoms. The first-order chi connectivity index (χ1) is 11.1. The van der Waals surface area contributed by atoms with Crippen LogP contribution in [-0.4, -0.2) is 24.0 Å². The third-order valence-corrected chi connectivity index (χ3v) is 4.10. The van der Waals surface area contributed by atoms with Gasteiger partial charge in [0.15, 0.2) is 0 Å². The average Bonchev–Trinajstić information content (AvgIpc) is 3.32. The molecule has 0 atom stereocenters. The van der Waals surface area contributed by atoms with Crippen molar-refractivity contribution in [1.29, 1.82) is 0 Å². The first-order valence-electron chi connectivity index (χ1n) is 7.73. The van der Waals surface area contributed by atoms with E-state index < -0.39 is 0 Å². The molecular formula is C18H20FNO3. The fourth-order valence-electron chi connectivity index (χ4n) is 2.71. The summed E-state index contributed by atoms with van der Waals surface area (Å²) in [4.78, 5) is 14.0. The second-order valence-corrected chi connectivity index (χ2v) is 5.94. The molecule has 1 aromatic carbocycles. The second kappa shape index (κ2) is 6.54. The van der Waals surface area contributed by atoms with Crippen LogP contribution in [0.5, 0.6) is 0 Å². The highest BCUT2D eigenvalue weighted by Gasteiger charge is 2.30. The molecular weight excluding hydrogens is 297 g/mol. The average molecular weight is 317 g/mol. The predicted octanol–water partition coefficient (Wildman–Crippen LogP) is 3.68. The zero-order valence-electron chi connectivity index (χ0n) is 13.3. The van der Waals surface area contributed by atoms with Gasteiger partial charge in [0.05, 0.1) is 13.7 Å². The zero-order valence-corrected chi connectivity index (χ0v) is 13.3. The molecule has 4 nitrogen and oxygen atoms in total. The highest BCUT2D eigenvalue weighted by atomic mass is 19.1. The van der Waals surface area contributed by atoms with Crippen molar-refractivity contribution in [2.75, 3.05) is 7.11 Å². The van der Waals surface area contributed by atoms with Crippen molar-refractivity contribution < 1.29 is 18.3 Å². The summed E-state index contributed by atoms with van der Waals surface area (Å²) < 4.78 is 23.5. The Morgan fingerprint density at radius 3 is 2.61 bits per heavy atom. The molecule has 0 saturated heterocycles. The van der Waals surface area contributed by atoms with Gasteiger partial charge in [-0.2, -0.15) is 0 Å². The Morgan fingerprint density at radius 2 is 2.00 bits per heavy atom. The number of aryl methyl sites for hydroxylation is 1. The summed E-state index contributed by atoms with van der Waals surface area (Å²) in [5.74, 6) is 0.714.